The molecule has 0 fully saturated rings. The minimum Gasteiger partial charge on any atom is -0.316 e. The van der Waals surface area contributed by atoms with E-state index in [2.05, 4.69) is 30.7 Å². The van der Waals surface area contributed by atoms with Crippen molar-refractivity contribution in [3.8, 4) is 17.3 Å². The van der Waals surface area contributed by atoms with Gasteiger partial charge in [0.2, 0.25) is 5.82 Å². The van der Waals surface area contributed by atoms with Gasteiger partial charge in [0, 0.05) is 30.1 Å². The summed E-state index contributed by atoms with van der Waals surface area (Å²) in [5.41, 5.74) is 1.91. The molecule has 0 spiro atoms. The van der Waals surface area contributed by atoms with E-state index < -0.39 is 0 Å². The van der Waals surface area contributed by atoms with Crippen LogP contribution in [0, 0.1) is 0 Å². The van der Waals surface area contributed by atoms with E-state index in [4.69, 9.17) is 0 Å². The molecule has 0 aliphatic rings. The Kier molecular flexibility index (Phi) is 3.42. The summed E-state index contributed by atoms with van der Waals surface area (Å²) in [4.78, 5) is 9.77. The van der Waals surface area contributed by atoms with Gasteiger partial charge in [-0.2, -0.15) is 0 Å². The van der Waals surface area contributed by atoms with Gasteiger partial charge in [0.05, 0.1) is 0 Å². The quantitative estimate of drug-likeness (QED) is 0.754. The molecule has 0 bridgehead atoms. The van der Waals surface area contributed by atoms with Crippen molar-refractivity contribution < 1.29 is 0 Å². The molecule has 2 aromatic heterocycles. The molecule has 20 heavy (non-hydrogen) atoms. The van der Waals surface area contributed by atoms with Gasteiger partial charge in [0.1, 0.15) is 0 Å². The number of benzene rings is 1. The highest BCUT2D eigenvalue weighted by Gasteiger charge is 2.08. The van der Waals surface area contributed by atoms with E-state index in [0.29, 0.717) is 11.8 Å². The molecule has 0 unspecified atom stereocenters. The Morgan fingerprint density at radius 2 is 1.85 bits per heavy atom. The van der Waals surface area contributed by atoms with E-state index in [1.165, 1.54) is 4.80 Å². The largest absolute Gasteiger partial charge is 0.316 e. The lowest BCUT2D eigenvalue weighted by molar-refractivity contribution is 0.673. The van der Waals surface area contributed by atoms with Crippen LogP contribution < -0.4 is 5.32 Å². The number of tetrazole rings is 1. The summed E-state index contributed by atoms with van der Waals surface area (Å²) in [5.74, 6) is 0.952. The van der Waals surface area contributed by atoms with Crippen molar-refractivity contribution in [1.82, 2.24) is 35.5 Å². The summed E-state index contributed by atoms with van der Waals surface area (Å²) in [6.07, 6.45) is 3.48. The van der Waals surface area contributed by atoms with Crippen molar-refractivity contribution in [3.05, 3.63) is 48.3 Å². The van der Waals surface area contributed by atoms with Crippen LogP contribution in [0.5, 0.6) is 0 Å². The second-order valence-electron chi connectivity index (χ2n) is 4.19. The topological polar surface area (TPSA) is 81.4 Å². The highest BCUT2D eigenvalue weighted by Crippen LogP contribution is 2.12. The van der Waals surface area contributed by atoms with Gasteiger partial charge in [0.15, 0.2) is 0 Å². The smallest absolute Gasteiger partial charge is 0.270 e. The average molecular weight is 267 g/mol. The lowest BCUT2D eigenvalue weighted by Gasteiger charge is -1.99. The molecular weight excluding hydrogens is 254 g/mol. The predicted molar refractivity (Wildman–Crippen MR) is 72.9 cm³/mol. The Morgan fingerprint density at radius 3 is 2.55 bits per heavy atom. The molecule has 0 aliphatic carbocycles. The number of nitrogens with one attached hydrogen (secondary N) is 1. The van der Waals surface area contributed by atoms with E-state index in [-0.39, 0.29) is 0 Å². The van der Waals surface area contributed by atoms with Crippen molar-refractivity contribution in [3.63, 3.8) is 0 Å². The Labute approximate surface area is 115 Å². The maximum Gasteiger partial charge on any atom is 0.270 e. The molecule has 0 saturated carbocycles. The molecule has 7 heteroatoms. The first-order chi connectivity index (χ1) is 9.86. The zero-order chi connectivity index (χ0) is 13.8. The molecule has 0 aliphatic heterocycles. The molecule has 100 valence electrons. The average Bonchev–Trinajstić information content (AvgIpc) is 2.99. The third kappa shape index (κ3) is 2.52. The van der Waals surface area contributed by atoms with Gasteiger partial charge in [-0.15, -0.1) is 10.2 Å². The minimum atomic E-state index is 0.402. The molecular formula is C13H13N7. The second-order valence-corrected chi connectivity index (χ2v) is 4.19. The fourth-order valence-electron chi connectivity index (χ4n) is 1.75. The van der Waals surface area contributed by atoms with E-state index in [1.807, 2.05) is 37.4 Å². The number of hydrogen-bond donors (Lipinski definition) is 1. The van der Waals surface area contributed by atoms with Crippen LogP contribution in [0.1, 0.15) is 5.56 Å². The normalized spacial score (nSPS) is 10.7. The Hall–Kier alpha value is -2.67. The second kappa shape index (κ2) is 5.54. The molecule has 2 heterocycles. The molecule has 0 amide bonds. The standard InChI is InChI=1S/C13H13N7/c1-14-7-10-8-15-13(16-9-10)20-18-12(17-19-20)11-5-3-2-4-6-11/h2-6,8-9,14H,7H2,1H3. The van der Waals surface area contributed by atoms with Crippen LogP contribution >= 0.6 is 0 Å². The van der Waals surface area contributed by atoms with Gasteiger partial charge in [-0.05, 0) is 12.3 Å². The van der Waals surface area contributed by atoms with Crippen LogP contribution in [-0.2, 0) is 6.54 Å². The molecule has 1 aromatic carbocycles. The Balaban J connectivity index is 1.86. The van der Waals surface area contributed by atoms with E-state index in [1.54, 1.807) is 12.4 Å². The maximum absolute atomic E-state index is 4.28. The fourth-order valence-corrected chi connectivity index (χ4v) is 1.75. The van der Waals surface area contributed by atoms with Crippen LogP contribution in [0.25, 0.3) is 17.3 Å². The van der Waals surface area contributed by atoms with E-state index >= 15 is 0 Å². The minimum absolute atomic E-state index is 0.402. The summed E-state index contributed by atoms with van der Waals surface area (Å²) in [7, 11) is 1.87. The molecule has 3 aromatic rings. The highest BCUT2D eigenvalue weighted by molar-refractivity contribution is 5.53. The SMILES string of the molecule is CNCc1cnc(-n2nnc(-c3ccccc3)n2)nc1. The Bertz CT molecular complexity index is 675. The van der Waals surface area contributed by atoms with E-state index in [0.717, 1.165) is 17.7 Å². The number of rotatable bonds is 4. The first-order valence-corrected chi connectivity index (χ1v) is 6.18. The van der Waals surface area contributed by atoms with Gasteiger partial charge in [-0.3, -0.25) is 0 Å². The zero-order valence-electron chi connectivity index (χ0n) is 10.9. The van der Waals surface area contributed by atoms with Gasteiger partial charge < -0.3 is 5.32 Å². The van der Waals surface area contributed by atoms with Crippen molar-refractivity contribution >= 4 is 0 Å². The summed E-state index contributed by atoms with van der Waals surface area (Å²) in [6.45, 7) is 0.723. The molecule has 1 N–H and O–H groups in total. The summed E-state index contributed by atoms with van der Waals surface area (Å²) < 4.78 is 0. The maximum atomic E-state index is 4.28. The van der Waals surface area contributed by atoms with Crippen molar-refractivity contribution in [2.75, 3.05) is 7.05 Å². The van der Waals surface area contributed by atoms with Crippen molar-refractivity contribution in [2.24, 2.45) is 0 Å². The molecule has 3 rings (SSSR count). The predicted octanol–water partition coefficient (Wildman–Crippen LogP) is 0.839. The van der Waals surface area contributed by atoms with Crippen LogP contribution in [0.4, 0.5) is 0 Å². The molecule has 0 saturated heterocycles. The van der Waals surface area contributed by atoms with Gasteiger partial charge >= 0.3 is 0 Å². The lowest BCUT2D eigenvalue weighted by Crippen LogP contribution is -2.09. The fraction of sp³-hybridized carbons (Fsp3) is 0.154. The number of hydrogen-bond acceptors (Lipinski definition) is 6. The van der Waals surface area contributed by atoms with Gasteiger partial charge in [-0.1, -0.05) is 35.1 Å². The van der Waals surface area contributed by atoms with Crippen LogP contribution in [0.15, 0.2) is 42.7 Å². The summed E-state index contributed by atoms with van der Waals surface area (Å²) in [6, 6.07) is 9.66. The zero-order valence-corrected chi connectivity index (χ0v) is 10.9. The summed E-state index contributed by atoms with van der Waals surface area (Å²) in [5, 5.41) is 15.3. The molecule has 7 nitrogen and oxygen atoms in total. The van der Waals surface area contributed by atoms with Crippen molar-refractivity contribution in [2.45, 2.75) is 6.54 Å². The van der Waals surface area contributed by atoms with Crippen LogP contribution in [0.3, 0.4) is 0 Å². The highest BCUT2D eigenvalue weighted by atomic mass is 15.6. The van der Waals surface area contributed by atoms with Crippen LogP contribution in [0.2, 0.25) is 0 Å². The van der Waals surface area contributed by atoms with Gasteiger partial charge in [0.25, 0.3) is 5.95 Å². The Morgan fingerprint density at radius 1 is 1.10 bits per heavy atom. The number of aromatic nitrogens is 6. The first-order valence-electron chi connectivity index (χ1n) is 6.18. The van der Waals surface area contributed by atoms with Gasteiger partial charge in [-0.25, -0.2) is 9.97 Å². The number of nitrogens with zero attached hydrogens (tertiary/aromatic N) is 6. The monoisotopic (exact) mass is 267 g/mol. The molecule has 0 radical (unpaired) electrons. The first kappa shape index (κ1) is 12.4. The van der Waals surface area contributed by atoms with E-state index in [9.17, 15) is 0 Å². The van der Waals surface area contributed by atoms with Crippen LogP contribution in [-0.4, -0.2) is 37.2 Å². The third-order valence-electron chi connectivity index (χ3n) is 2.70. The van der Waals surface area contributed by atoms with Crippen molar-refractivity contribution in [1.29, 1.82) is 0 Å². The summed E-state index contributed by atoms with van der Waals surface area (Å²) >= 11 is 0. The third-order valence-corrected chi connectivity index (χ3v) is 2.70. The lowest BCUT2D eigenvalue weighted by atomic mass is 10.2. The molecule has 0 atom stereocenters.